The zero-order valence-corrected chi connectivity index (χ0v) is 10.2. The Balaban J connectivity index is 2.90. The second-order valence-corrected chi connectivity index (χ2v) is 4.46. The highest BCUT2D eigenvalue weighted by Gasteiger charge is 1.98. The highest BCUT2D eigenvalue weighted by Crippen LogP contribution is 2.13. The van der Waals surface area contributed by atoms with Crippen LogP contribution in [0.5, 0.6) is 0 Å². The second-order valence-electron chi connectivity index (χ2n) is 3.82. The summed E-state index contributed by atoms with van der Waals surface area (Å²) < 4.78 is 0. The minimum absolute atomic E-state index is 0.871. The van der Waals surface area contributed by atoms with Gasteiger partial charge in [0, 0.05) is 5.33 Å². The first kappa shape index (κ1) is 12.5. The summed E-state index contributed by atoms with van der Waals surface area (Å²) in [6.45, 7) is 4.59. The third-order valence-corrected chi connectivity index (χ3v) is 3.42. The predicted octanol–water partition coefficient (Wildman–Crippen LogP) is 4.77. The summed E-state index contributed by atoms with van der Waals surface area (Å²) in [5, 5.41) is 1.17. The van der Waals surface area contributed by atoms with Crippen LogP contribution in [0.3, 0.4) is 0 Å². The van der Waals surface area contributed by atoms with Crippen molar-refractivity contribution < 1.29 is 0 Å². The Labute approximate surface area is 86.3 Å². The Kier molecular flexibility index (Phi) is 9.95. The molecule has 0 aromatic carbocycles. The molecule has 0 saturated heterocycles. The zero-order chi connectivity index (χ0) is 9.23. The molecule has 0 amide bonds. The molecule has 0 bridgehead atoms. The predicted molar refractivity (Wildman–Crippen MR) is 61.0 cm³/mol. The third-order valence-electron chi connectivity index (χ3n) is 2.31. The summed E-state index contributed by atoms with van der Waals surface area (Å²) in [6.07, 6.45) is 9.94. The monoisotopic (exact) mass is 234 g/mol. The van der Waals surface area contributed by atoms with Crippen LogP contribution in [0.25, 0.3) is 0 Å². The van der Waals surface area contributed by atoms with Gasteiger partial charge in [-0.2, -0.15) is 0 Å². The quantitative estimate of drug-likeness (QED) is 0.420. The molecule has 0 radical (unpaired) electrons. The van der Waals surface area contributed by atoms with Gasteiger partial charge >= 0.3 is 0 Å². The summed E-state index contributed by atoms with van der Waals surface area (Å²) in [6, 6.07) is 0. The highest BCUT2D eigenvalue weighted by atomic mass is 79.9. The molecule has 74 valence electrons. The van der Waals surface area contributed by atoms with Crippen molar-refractivity contribution >= 4 is 15.9 Å². The first-order chi connectivity index (χ1) is 5.81. The van der Waals surface area contributed by atoms with E-state index in [-0.39, 0.29) is 0 Å². The minimum atomic E-state index is 0.871. The van der Waals surface area contributed by atoms with Crippen LogP contribution < -0.4 is 0 Å². The lowest BCUT2D eigenvalue weighted by molar-refractivity contribution is 0.521. The fraction of sp³-hybridized carbons (Fsp3) is 1.00. The van der Waals surface area contributed by atoms with E-state index < -0.39 is 0 Å². The van der Waals surface area contributed by atoms with Crippen LogP contribution in [0, 0.1) is 5.92 Å². The molecule has 0 aromatic heterocycles. The molecule has 0 spiro atoms. The highest BCUT2D eigenvalue weighted by molar-refractivity contribution is 9.09. The maximum atomic E-state index is 3.51. The van der Waals surface area contributed by atoms with Gasteiger partial charge < -0.3 is 0 Å². The van der Waals surface area contributed by atoms with E-state index in [1.54, 1.807) is 0 Å². The number of rotatable bonds is 8. The van der Waals surface area contributed by atoms with Gasteiger partial charge in [0.2, 0.25) is 0 Å². The van der Waals surface area contributed by atoms with E-state index in [1.807, 2.05) is 0 Å². The Bertz CT molecular complexity index is 81.1. The van der Waals surface area contributed by atoms with Gasteiger partial charge in [-0.15, -0.1) is 0 Å². The van der Waals surface area contributed by atoms with E-state index in [0.717, 1.165) is 5.92 Å². The van der Waals surface area contributed by atoms with E-state index in [4.69, 9.17) is 0 Å². The van der Waals surface area contributed by atoms with E-state index >= 15 is 0 Å². The van der Waals surface area contributed by atoms with Crippen molar-refractivity contribution in [3.8, 4) is 0 Å². The number of halogens is 1. The van der Waals surface area contributed by atoms with Crippen molar-refractivity contribution in [3.63, 3.8) is 0 Å². The molecule has 0 aliphatic heterocycles. The molecule has 1 unspecified atom stereocenters. The zero-order valence-electron chi connectivity index (χ0n) is 8.61. The molecule has 0 N–H and O–H groups in total. The van der Waals surface area contributed by atoms with Gasteiger partial charge in [0.25, 0.3) is 0 Å². The van der Waals surface area contributed by atoms with Gasteiger partial charge in [0.1, 0.15) is 0 Å². The molecule has 0 aromatic rings. The van der Waals surface area contributed by atoms with Crippen LogP contribution in [-0.4, -0.2) is 5.33 Å². The summed E-state index contributed by atoms with van der Waals surface area (Å²) >= 11 is 3.51. The molecule has 1 atom stereocenters. The van der Waals surface area contributed by atoms with E-state index in [2.05, 4.69) is 29.8 Å². The molecular weight excluding hydrogens is 212 g/mol. The number of hydrogen-bond acceptors (Lipinski definition) is 0. The summed E-state index contributed by atoms with van der Waals surface area (Å²) in [5.41, 5.74) is 0. The van der Waals surface area contributed by atoms with Crippen molar-refractivity contribution in [2.45, 2.75) is 58.8 Å². The maximum absolute atomic E-state index is 3.51. The first-order valence-electron chi connectivity index (χ1n) is 5.37. The van der Waals surface area contributed by atoms with Gasteiger partial charge in [-0.25, -0.2) is 0 Å². The van der Waals surface area contributed by atoms with E-state index in [1.165, 1.54) is 50.3 Å². The lowest BCUT2D eigenvalue weighted by Crippen LogP contribution is -1.94. The first-order valence-corrected chi connectivity index (χ1v) is 6.49. The van der Waals surface area contributed by atoms with Crippen molar-refractivity contribution in [2.75, 3.05) is 5.33 Å². The van der Waals surface area contributed by atoms with Crippen molar-refractivity contribution in [1.29, 1.82) is 0 Å². The molecule has 0 aliphatic carbocycles. The molecule has 0 heterocycles. The van der Waals surface area contributed by atoms with Gasteiger partial charge in [0.05, 0.1) is 0 Å². The number of hydrogen-bond donors (Lipinski definition) is 0. The fourth-order valence-corrected chi connectivity index (χ4v) is 1.67. The number of alkyl halides is 1. The van der Waals surface area contributed by atoms with E-state index in [9.17, 15) is 0 Å². The molecule has 0 rings (SSSR count). The Morgan fingerprint density at radius 3 is 2.17 bits per heavy atom. The SMILES string of the molecule is CCCCCCCCC(C)CBr. The average Bonchev–Trinajstić information content (AvgIpc) is 2.10. The van der Waals surface area contributed by atoms with E-state index in [0.29, 0.717) is 0 Å². The summed E-state index contributed by atoms with van der Waals surface area (Å²) in [4.78, 5) is 0. The molecule has 12 heavy (non-hydrogen) atoms. The average molecular weight is 235 g/mol. The van der Waals surface area contributed by atoms with Crippen LogP contribution in [0.4, 0.5) is 0 Å². The normalized spacial score (nSPS) is 13.2. The Hall–Kier alpha value is 0.480. The standard InChI is InChI=1S/C11H23Br/c1-3-4-5-6-7-8-9-11(2)10-12/h11H,3-10H2,1-2H3. The fourth-order valence-electron chi connectivity index (χ4n) is 1.35. The smallest absolute Gasteiger partial charge is 0.00570 e. The van der Waals surface area contributed by atoms with Crippen LogP contribution >= 0.6 is 15.9 Å². The van der Waals surface area contributed by atoms with Crippen molar-refractivity contribution in [2.24, 2.45) is 5.92 Å². The number of unbranched alkanes of at least 4 members (excludes halogenated alkanes) is 5. The lowest BCUT2D eigenvalue weighted by atomic mass is 10.0. The van der Waals surface area contributed by atoms with Gasteiger partial charge in [-0.1, -0.05) is 68.3 Å². The van der Waals surface area contributed by atoms with Crippen LogP contribution in [0.1, 0.15) is 58.8 Å². The second kappa shape index (κ2) is 9.57. The molecule has 0 nitrogen and oxygen atoms in total. The molecular formula is C11H23Br. The molecule has 1 heteroatoms. The van der Waals surface area contributed by atoms with Crippen LogP contribution in [-0.2, 0) is 0 Å². The van der Waals surface area contributed by atoms with Gasteiger partial charge in [-0.05, 0) is 12.3 Å². The van der Waals surface area contributed by atoms with Crippen molar-refractivity contribution in [1.82, 2.24) is 0 Å². The topological polar surface area (TPSA) is 0 Å². The van der Waals surface area contributed by atoms with Gasteiger partial charge in [-0.3, -0.25) is 0 Å². The third kappa shape index (κ3) is 8.58. The summed E-state index contributed by atoms with van der Waals surface area (Å²) in [5.74, 6) is 0.871. The van der Waals surface area contributed by atoms with Crippen molar-refractivity contribution in [3.05, 3.63) is 0 Å². The van der Waals surface area contributed by atoms with Gasteiger partial charge in [0.15, 0.2) is 0 Å². The minimum Gasteiger partial charge on any atom is -0.0925 e. The van der Waals surface area contributed by atoms with Crippen LogP contribution in [0.15, 0.2) is 0 Å². The summed E-state index contributed by atoms with van der Waals surface area (Å²) in [7, 11) is 0. The Morgan fingerprint density at radius 2 is 1.58 bits per heavy atom. The molecule has 0 saturated carbocycles. The maximum Gasteiger partial charge on any atom is 0.00570 e. The lowest BCUT2D eigenvalue weighted by Gasteiger charge is -2.06. The Morgan fingerprint density at radius 1 is 1.00 bits per heavy atom. The molecule has 0 fully saturated rings. The molecule has 0 aliphatic rings. The van der Waals surface area contributed by atoms with Crippen LogP contribution in [0.2, 0.25) is 0 Å². The largest absolute Gasteiger partial charge is 0.0925 e.